The first-order valence-electron chi connectivity index (χ1n) is 23.6. The second kappa shape index (κ2) is 13.0. The molecule has 0 bridgehead atoms. The van der Waals surface area contributed by atoms with Gasteiger partial charge in [0.2, 0.25) is 0 Å². The zero-order valence-electron chi connectivity index (χ0n) is 40.7. The Balaban J connectivity index is 1.34. The second-order valence-corrected chi connectivity index (χ2v) is 24.6. The summed E-state index contributed by atoms with van der Waals surface area (Å²) in [6.07, 6.45) is 4.70. The lowest BCUT2D eigenvalue weighted by Gasteiger charge is -2.45. The number of rotatable bonds is 2. The lowest BCUT2D eigenvalue weighted by molar-refractivity contribution is 0.332. The first-order valence-corrected chi connectivity index (χ1v) is 23.6. The molecule has 10 rings (SSSR count). The van der Waals surface area contributed by atoms with Gasteiger partial charge in [-0.25, -0.2) is 0 Å². The largest absolute Gasteiger partial charge is 0.468 e. The topological polar surface area (TPSA) is 19.6 Å². The molecular weight excluding hydrogens is 751 g/mol. The summed E-state index contributed by atoms with van der Waals surface area (Å²) in [5, 5.41) is 1.23. The van der Waals surface area contributed by atoms with Crippen molar-refractivity contribution in [2.24, 2.45) is 0 Å². The summed E-state index contributed by atoms with van der Waals surface area (Å²) >= 11 is 0. The molecule has 0 atom stereocenters. The number of hydrogen-bond donors (Lipinski definition) is 0. The highest BCUT2D eigenvalue weighted by molar-refractivity contribution is 7.00. The van der Waals surface area contributed by atoms with Crippen molar-refractivity contribution in [3.05, 3.63) is 123 Å². The van der Waals surface area contributed by atoms with Gasteiger partial charge < -0.3 is 14.2 Å². The van der Waals surface area contributed by atoms with Crippen LogP contribution in [0.25, 0.3) is 11.0 Å². The third-order valence-electron chi connectivity index (χ3n) is 16.0. The molecule has 1 aromatic heterocycles. The zero-order valence-corrected chi connectivity index (χ0v) is 40.7. The highest BCUT2D eigenvalue weighted by Crippen LogP contribution is 2.54. The Kier molecular flexibility index (Phi) is 8.63. The van der Waals surface area contributed by atoms with Gasteiger partial charge in [0.15, 0.2) is 0 Å². The predicted octanol–water partition coefficient (Wildman–Crippen LogP) is 14.4. The van der Waals surface area contributed by atoms with Gasteiger partial charge >= 0.3 is 0 Å². The van der Waals surface area contributed by atoms with Crippen molar-refractivity contribution in [3.63, 3.8) is 0 Å². The average Bonchev–Trinajstić information content (AvgIpc) is 3.55. The molecular formula is C58H69BN2O. The van der Waals surface area contributed by atoms with Gasteiger partial charge in [-0.2, -0.15) is 0 Å². The molecule has 0 saturated heterocycles. The standard InChI is InChI=1S/C58H69BN2O/c1-34-27-47-50-48(28-34)61(46-32-42-40(29-35(46)2)55(9,10)23-25-57(42,13)14)51-39-31-41-43(58(15,16)26-24-56(41,11)12)33-49(39)62-52(51)59(50)44-30-37(54(6,7)8)19-22-45(44)60(47)38-20-17-36(18-21-38)53(3,4)5/h17-22,27-33H,23-26H2,1-16H3. The molecule has 0 amide bonds. The van der Waals surface area contributed by atoms with E-state index in [0.717, 1.165) is 17.7 Å². The van der Waals surface area contributed by atoms with Gasteiger partial charge in [0.1, 0.15) is 5.58 Å². The number of fused-ring (bicyclic) bond motifs is 8. The van der Waals surface area contributed by atoms with Crippen LogP contribution in [-0.4, -0.2) is 6.71 Å². The lowest BCUT2D eigenvalue weighted by atomic mass is 9.35. The molecule has 0 spiro atoms. The van der Waals surface area contributed by atoms with Gasteiger partial charge in [0.05, 0.1) is 11.3 Å². The molecule has 0 radical (unpaired) electrons. The van der Waals surface area contributed by atoms with E-state index in [-0.39, 0.29) is 39.2 Å². The monoisotopic (exact) mass is 821 g/mol. The fourth-order valence-corrected chi connectivity index (χ4v) is 11.7. The highest BCUT2D eigenvalue weighted by Gasteiger charge is 2.49. The summed E-state index contributed by atoms with van der Waals surface area (Å²) in [7, 11) is 0. The second-order valence-electron chi connectivity index (χ2n) is 24.6. The average molecular weight is 821 g/mol. The highest BCUT2D eigenvalue weighted by atomic mass is 16.3. The normalized spacial score (nSPS) is 19.1. The maximum absolute atomic E-state index is 7.59. The van der Waals surface area contributed by atoms with E-state index in [2.05, 4.69) is 199 Å². The van der Waals surface area contributed by atoms with Crippen molar-refractivity contribution in [1.29, 1.82) is 0 Å². The van der Waals surface area contributed by atoms with E-state index in [9.17, 15) is 0 Å². The number of nitrogens with zero attached hydrogens (tertiary/aromatic N) is 2. The van der Waals surface area contributed by atoms with Crippen molar-refractivity contribution < 1.29 is 4.42 Å². The van der Waals surface area contributed by atoms with E-state index in [1.807, 2.05) is 0 Å². The molecule has 0 saturated carbocycles. The molecule has 320 valence electrons. The summed E-state index contributed by atoms with van der Waals surface area (Å²) in [6.45, 7) is 38.1. The number of furan rings is 1. The number of hydrogen-bond acceptors (Lipinski definition) is 3. The lowest BCUT2D eigenvalue weighted by Crippen LogP contribution is -2.61. The van der Waals surface area contributed by atoms with E-state index in [4.69, 9.17) is 4.42 Å². The van der Waals surface area contributed by atoms with Crippen LogP contribution in [-0.2, 0) is 32.5 Å². The van der Waals surface area contributed by atoms with Crippen LogP contribution in [0.3, 0.4) is 0 Å². The number of benzene rings is 5. The Labute approximate surface area is 373 Å². The first kappa shape index (κ1) is 41.3. The minimum atomic E-state index is -0.0898. The van der Waals surface area contributed by atoms with Crippen molar-refractivity contribution in [3.8, 4) is 0 Å². The maximum Gasteiger partial charge on any atom is 0.297 e. The van der Waals surface area contributed by atoms with Crippen LogP contribution in [0.15, 0.2) is 83.3 Å². The predicted molar refractivity (Wildman–Crippen MR) is 268 cm³/mol. The van der Waals surface area contributed by atoms with Crippen LogP contribution in [0.4, 0.5) is 34.1 Å². The summed E-state index contributed by atoms with van der Waals surface area (Å²) in [6, 6.07) is 31.7. The van der Waals surface area contributed by atoms with E-state index in [0.29, 0.717) is 0 Å². The molecule has 2 aliphatic carbocycles. The molecule has 5 aromatic carbocycles. The van der Waals surface area contributed by atoms with Crippen LogP contribution in [0.1, 0.15) is 167 Å². The number of aryl methyl sites for hydroxylation is 2. The summed E-state index contributed by atoms with van der Waals surface area (Å²) < 4.78 is 7.59. The van der Waals surface area contributed by atoms with Crippen LogP contribution in [0, 0.1) is 13.8 Å². The molecule has 3 nitrogen and oxygen atoms in total. The van der Waals surface area contributed by atoms with Gasteiger partial charge in [-0.05, 0) is 176 Å². The minimum absolute atomic E-state index is 0.0287. The van der Waals surface area contributed by atoms with Crippen molar-refractivity contribution in [1.82, 2.24) is 0 Å². The molecule has 0 unspecified atom stereocenters. The molecule has 62 heavy (non-hydrogen) atoms. The zero-order chi connectivity index (χ0) is 44.4. The molecule has 4 aliphatic rings. The molecule has 0 fully saturated rings. The van der Waals surface area contributed by atoms with Crippen molar-refractivity contribution >= 4 is 68.4 Å². The molecule has 3 heterocycles. The Morgan fingerprint density at radius 1 is 0.516 bits per heavy atom. The van der Waals surface area contributed by atoms with Crippen LogP contribution < -0.4 is 26.4 Å². The summed E-state index contributed by atoms with van der Waals surface area (Å²) in [5.74, 6) is 0. The maximum atomic E-state index is 7.59. The van der Waals surface area contributed by atoms with Crippen LogP contribution in [0.2, 0.25) is 0 Å². The van der Waals surface area contributed by atoms with E-state index in [1.54, 1.807) is 0 Å². The van der Waals surface area contributed by atoms with Crippen molar-refractivity contribution in [2.45, 2.75) is 169 Å². The molecule has 6 aromatic rings. The quantitative estimate of drug-likeness (QED) is 0.162. The Morgan fingerprint density at radius 2 is 1.02 bits per heavy atom. The van der Waals surface area contributed by atoms with Gasteiger partial charge in [0, 0.05) is 33.8 Å². The minimum Gasteiger partial charge on any atom is -0.468 e. The smallest absolute Gasteiger partial charge is 0.297 e. The van der Waals surface area contributed by atoms with E-state index < -0.39 is 0 Å². The fraction of sp³-hybridized carbons (Fsp3) is 0.448. The van der Waals surface area contributed by atoms with E-state index in [1.165, 1.54) is 114 Å². The van der Waals surface area contributed by atoms with E-state index >= 15 is 0 Å². The number of anilines is 6. The van der Waals surface area contributed by atoms with Gasteiger partial charge in [-0.15, -0.1) is 0 Å². The Morgan fingerprint density at radius 3 is 1.58 bits per heavy atom. The van der Waals surface area contributed by atoms with Gasteiger partial charge in [-0.1, -0.05) is 127 Å². The molecule has 2 aliphatic heterocycles. The Hall–Kier alpha value is -4.70. The van der Waals surface area contributed by atoms with Gasteiger partial charge in [-0.3, -0.25) is 0 Å². The van der Waals surface area contributed by atoms with Crippen LogP contribution >= 0.6 is 0 Å². The Bertz CT molecular complexity index is 2850. The third-order valence-corrected chi connectivity index (χ3v) is 16.0. The molecule has 4 heteroatoms. The molecule has 0 N–H and O–H groups in total. The van der Waals surface area contributed by atoms with Crippen LogP contribution in [0.5, 0.6) is 0 Å². The summed E-state index contributed by atoms with van der Waals surface area (Å²) in [5.41, 5.74) is 23.5. The summed E-state index contributed by atoms with van der Waals surface area (Å²) in [4.78, 5) is 5.21. The fourth-order valence-electron chi connectivity index (χ4n) is 11.7. The van der Waals surface area contributed by atoms with Gasteiger partial charge in [0.25, 0.3) is 6.71 Å². The van der Waals surface area contributed by atoms with Crippen molar-refractivity contribution in [2.75, 3.05) is 9.80 Å². The first-order chi connectivity index (χ1) is 28.8. The SMILES string of the molecule is Cc1cc2c3c(c1)N(c1cc4c(cc1C)C(C)(C)CCC4(C)C)c1c(oc4cc5c(cc14)C(C)(C)CCC5(C)C)B3c1cc(C(C)(C)C)ccc1N2c1ccc(C(C)(C)C)cc1. The third kappa shape index (κ3) is 6.04.